The highest BCUT2D eigenvalue weighted by molar-refractivity contribution is 6.01. The van der Waals surface area contributed by atoms with E-state index in [4.69, 9.17) is 33.8 Å². The number of hydrogen-bond acceptors (Lipinski definition) is 24. The number of carboxylic acid groups (broad SMARTS) is 4. The third-order valence-corrected chi connectivity index (χ3v) is 17.8. The predicted octanol–water partition coefficient (Wildman–Crippen LogP) is -6.15. The molecule has 15 atom stereocenters. The Labute approximate surface area is 660 Å². The van der Waals surface area contributed by atoms with Crippen molar-refractivity contribution >= 4 is 101 Å². The molecule has 0 aromatic heterocycles. The molecule has 0 fully saturated rings. The minimum absolute atomic E-state index is 0.00163. The maximum Gasteiger partial charge on any atom is 0.326 e. The summed E-state index contributed by atoms with van der Waals surface area (Å²) in [6.07, 6.45) is -8.58. The maximum absolute atomic E-state index is 14.8. The number of aromatic hydroxyl groups is 3. The van der Waals surface area contributed by atoms with Gasteiger partial charge in [0.2, 0.25) is 65.0 Å². The molecule has 0 heterocycles. The van der Waals surface area contributed by atoms with Crippen molar-refractivity contribution in [2.24, 2.45) is 28.9 Å². The lowest BCUT2D eigenvalue weighted by atomic mass is 9.96. The van der Waals surface area contributed by atoms with E-state index < -0.39 is 236 Å². The van der Waals surface area contributed by atoms with Gasteiger partial charge in [0.1, 0.15) is 89.8 Å². The Morgan fingerprint density at radius 2 is 0.678 bits per heavy atom. The first kappa shape index (κ1) is 96.7. The van der Waals surface area contributed by atoms with Gasteiger partial charge >= 0.3 is 23.9 Å². The van der Waals surface area contributed by atoms with Gasteiger partial charge in [-0.2, -0.15) is 0 Å². The summed E-state index contributed by atoms with van der Waals surface area (Å²) in [5.41, 5.74) is 22.9. The van der Waals surface area contributed by atoms with Crippen molar-refractivity contribution in [3.8, 4) is 17.2 Å². The molecule has 3 aromatic rings. The Morgan fingerprint density at radius 1 is 0.374 bits per heavy atom. The highest BCUT2D eigenvalue weighted by atomic mass is 16.4. The van der Waals surface area contributed by atoms with Gasteiger partial charge in [0.15, 0.2) is 11.9 Å². The number of aliphatic carboxylic acids is 4. The molecule has 0 aliphatic rings. The Kier molecular flexibility index (Phi) is 41.3. The monoisotopic (exact) mass is 1620 g/mol. The molecule has 32 N–H and O–H groups in total. The Balaban J connectivity index is 2.07. The zero-order chi connectivity index (χ0) is 86.3. The van der Waals surface area contributed by atoms with Crippen molar-refractivity contribution in [1.82, 2.24) is 69.1 Å². The van der Waals surface area contributed by atoms with Crippen LogP contribution in [-0.2, 0) is 91.2 Å². The molecular formula is C72H107N19O24. The van der Waals surface area contributed by atoms with Crippen LogP contribution in [0.1, 0.15) is 121 Å². The van der Waals surface area contributed by atoms with Gasteiger partial charge in [-0.1, -0.05) is 56.7 Å². The van der Waals surface area contributed by atoms with Crippen LogP contribution < -0.4 is 92.1 Å². The fourth-order valence-electron chi connectivity index (χ4n) is 11.1. The number of nitrogens with two attached hydrogens (primary N) is 4. The summed E-state index contributed by atoms with van der Waals surface area (Å²) < 4.78 is 0. The number of amides is 11. The van der Waals surface area contributed by atoms with Gasteiger partial charge in [0.25, 0.3) is 0 Å². The number of aliphatic hydroxyl groups is 2. The lowest BCUT2D eigenvalue weighted by Crippen LogP contribution is -2.63. The SMILES string of the molecule is CC[C@H](C)[C@H](NC(=O)[C@H](CC(=O)O)NC(=O)[C@H](CCCNC(=N)N)NC(=O)[C@@H](N)[C@@H](C)O)C(=O)N[C@@H](Cc1ccc(O)cc1)C(=O)N[C@@H](CCC(=O)O)C(=O)N[C@H](C(=O)N[C@@H](CC(=O)O)C(=O)N[C@@H](Cc1ccc(O)cc1)C(=O)N[C@@H](Cc1ccc(O)cc1)C(=O)N[C@@H](CCCNC(=N)N)C(=O)N[C@@H](CCCCN)C(=O)O)[C@@H](C)O. The van der Waals surface area contributed by atoms with Crippen molar-refractivity contribution < 1.29 is 118 Å². The number of phenols is 3. The van der Waals surface area contributed by atoms with E-state index in [1.165, 1.54) is 86.6 Å². The van der Waals surface area contributed by atoms with Crippen LogP contribution in [0.25, 0.3) is 0 Å². The number of aliphatic hydroxyl groups excluding tert-OH is 2. The Bertz CT molecular complexity index is 3840. The van der Waals surface area contributed by atoms with E-state index in [1.807, 2.05) is 0 Å². The molecule has 0 aliphatic heterocycles. The summed E-state index contributed by atoms with van der Waals surface area (Å²) in [5, 5.41) is 137. The Hall–Kier alpha value is -12.5. The van der Waals surface area contributed by atoms with Crippen LogP contribution >= 0.6 is 0 Å². The standard InChI is InChI=1S/C72H107N19O24/c1-5-35(2)57(90-66(110)52(34-55(101)102)87-60(104)45(12-9-29-80-72(77)78)83-67(111)56(74)36(3)92)68(112)88-50(32-40-17-23-43(96)24-18-40)63(107)82-46(25-26-53(97)98)61(105)91-58(37(4)93)69(113)89-51(33-54(99)100)65(109)86-49(31-39-15-21-42(95)22-16-39)64(108)85-48(30-38-13-19-41(94)20-14-38)62(106)81-44(11-8-28-79-71(75)76)59(103)84-47(70(114)115)10-6-7-27-73/h13-24,35-37,44-52,56-58,92-96H,5-12,25-34,73-74H2,1-4H3,(H,81,106)(H,82,107)(H,83,111)(H,84,103)(H,85,108)(H,86,109)(H,87,104)(H,88,112)(H,89,113)(H,90,110)(H,91,105)(H,97,98)(H,99,100)(H,101,102)(H,114,115)(H4,75,76,79)(H4,77,78,80)/t35-,36+,37+,44-,45-,46-,47-,48-,49-,50-,51-,52-,56-,57-,58-/m0/s1. The maximum atomic E-state index is 14.8. The lowest BCUT2D eigenvalue weighted by molar-refractivity contribution is -0.143. The van der Waals surface area contributed by atoms with E-state index in [1.54, 1.807) is 6.92 Å². The minimum atomic E-state index is -2.24. The van der Waals surface area contributed by atoms with Gasteiger partial charge in [0, 0.05) is 38.8 Å². The first-order valence-corrected chi connectivity index (χ1v) is 36.7. The smallest absolute Gasteiger partial charge is 0.326 e. The number of benzene rings is 3. The fraction of sp³-hybridized carbons (Fsp3) is 0.514. The highest BCUT2D eigenvalue weighted by Crippen LogP contribution is 2.19. The van der Waals surface area contributed by atoms with Crippen LogP contribution in [0, 0.1) is 16.7 Å². The molecule has 0 unspecified atom stereocenters. The van der Waals surface area contributed by atoms with Gasteiger partial charge in [-0.15, -0.1) is 0 Å². The zero-order valence-corrected chi connectivity index (χ0v) is 63.8. The van der Waals surface area contributed by atoms with Gasteiger partial charge in [0.05, 0.1) is 25.0 Å². The number of carbonyl (C=O) groups is 15. The third-order valence-electron chi connectivity index (χ3n) is 17.8. The average molecular weight is 1620 g/mol. The number of carboxylic acids is 4. The first-order valence-electron chi connectivity index (χ1n) is 36.7. The molecule has 11 amide bonds. The van der Waals surface area contributed by atoms with Crippen LogP contribution in [0.3, 0.4) is 0 Å². The molecule has 43 nitrogen and oxygen atoms in total. The van der Waals surface area contributed by atoms with Crippen LogP contribution in [0.4, 0.5) is 0 Å². The molecule has 3 rings (SSSR count). The Morgan fingerprint density at radius 3 is 1.03 bits per heavy atom. The second-order valence-corrected chi connectivity index (χ2v) is 27.2. The quantitative estimate of drug-likeness (QED) is 0.0142. The van der Waals surface area contributed by atoms with Crippen molar-refractivity contribution in [1.29, 1.82) is 10.8 Å². The number of hydrogen-bond donors (Lipinski definition) is 28. The predicted molar refractivity (Wildman–Crippen MR) is 408 cm³/mol. The number of carbonyl (C=O) groups excluding carboxylic acids is 11. The lowest BCUT2D eigenvalue weighted by Gasteiger charge is -2.30. The molecule has 3 aromatic carbocycles. The molecule has 0 bridgehead atoms. The summed E-state index contributed by atoms with van der Waals surface area (Å²) >= 11 is 0. The summed E-state index contributed by atoms with van der Waals surface area (Å²) in [5.74, 6) is -22.3. The van der Waals surface area contributed by atoms with Crippen LogP contribution in [-0.4, -0.2) is 251 Å². The minimum Gasteiger partial charge on any atom is -0.508 e. The van der Waals surface area contributed by atoms with Crippen LogP contribution in [0.2, 0.25) is 0 Å². The number of nitrogens with one attached hydrogen (secondary N) is 15. The van der Waals surface area contributed by atoms with Crippen molar-refractivity contribution in [2.45, 2.75) is 209 Å². The van der Waals surface area contributed by atoms with Crippen LogP contribution in [0.5, 0.6) is 17.2 Å². The van der Waals surface area contributed by atoms with E-state index in [2.05, 4.69) is 69.1 Å². The average Bonchev–Trinajstić information content (AvgIpc) is 0.841. The number of unbranched alkanes of at least 4 members (excludes halogenated alkanes) is 1. The van der Waals surface area contributed by atoms with E-state index in [9.17, 15) is 118 Å². The van der Waals surface area contributed by atoms with Gasteiger partial charge in [-0.05, 0) is 131 Å². The van der Waals surface area contributed by atoms with Crippen molar-refractivity contribution in [2.75, 3.05) is 19.6 Å². The molecule has 0 spiro atoms. The summed E-state index contributed by atoms with van der Waals surface area (Å²) in [6.45, 7) is 5.40. The molecule has 43 heteroatoms. The molecule has 634 valence electrons. The summed E-state index contributed by atoms with van der Waals surface area (Å²) in [4.78, 5) is 206. The largest absolute Gasteiger partial charge is 0.508 e. The first-order chi connectivity index (χ1) is 54.1. The molecule has 0 radical (unpaired) electrons. The summed E-state index contributed by atoms with van der Waals surface area (Å²) in [7, 11) is 0. The zero-order valence-electron chi connectivity index (χ0n) is 63.8. The second-order valence-electron chi connectivity index (χ2n) is 27.2. The molecule has 0 saturated carbocycles. The van der Waals surface area contributed by atoms with Crippen LogP contribution in [0.15, 0.2) is 72.8 Å². The topological polar surface area (TPSA) is 746 Å². The van der Waals surface area contributed by atoms with E-state index in [0.717, 1.165) is 6.92 Å². The van der Waals surface area contributed by atoms with Crippen molar-refractivity contribution in [3.63, 3.8) is 0 Å². The summed E-state index contributed by atoms with van der Waals surface area (Å²) in [6, 6.07) is -6.32. The molecule has 115 heavy (non-hydrogen) atoms. The number of rotatable bonds is 52. The molecule has 0 saturated heterocycles. The van der Waals surface area contributed by atoms with Gasteiger partial charge in [-0.25, -0.2) is 4.79 Å². The number of guanidine groups is 2. The molecule has 0 aliphatic carbocycles. The van der Waals surface area contributed by atoms with Crippen molar-refractivity contribution in [3.05, 3.63) is 89.5 Å². The molecular weight excluding hydrogens is 1510 g/mol. The normalized spacial score (nSPS) is 14.9. The number of phenolic OH excluding ortho intramolecular Hbond substituents is 3. The van der Waals surface area contributed by atoms with E-state index >= 15 is 0 Å². The van der Waals surface area contributed by atoms with E-state index in [0.29, 0.717) is 12.8 Å². The second kappa shape index (κ2) is 49.1. The third kappa shape index (κ3) is 35.8. The highest BCUT2D eigenvalue weighted by Gasteiger charge is 2.40. The van der Waals surface area contributed by atoms with E-state index in [-0.39, 0.29) is 92.1 Å². The van der Waals surface area contributed by atoms with Gasteiger partial charge < -0.3 is 138 Å². The fourth-order valence-corrected chi connectivity index (χ4v) is 11.1. The van der Waals surface area contributed by atoms with Gasteiger partial charge in [-0.3, -0.25) is 77.9 Å².